The largest absolute Gasteiger partial charge is 0.481 e. The number of benzene rings is 2. The molecule has 0 unspecified atom stereocenters. The van der Waals surface area contributed by atoms with Gasteiger partial charge < -0.3 is 10.1 Å². The van der Waals surface area contributed by atoms with Gasteiger partial charge in [-0.1, -0.05) is 24.3 Å². The lowest BCUT2D eigenvalue weighted by atomic mass is 10.00. The van der Waals surface area contributed by atoms with Gasteiger partial charge in [0.1, 0.15) is 0 Å². The fraction of sp³-hybridized carbons (Fsp3) is 0.148. The molecule has 33 heavy (non-hydrogen) atoms. The van der Waals surface area contributed by atoms with Crippen molar-refractivity contribution in [2.24, 2.45) is 0 Å². The van der Waals surface area contributed by atoms with E-state index in [4.69, 9.17) is 4.74 Å². The van der Waals surface area contributed by atoms with Crippen molar-refractivity contribution >= 4 is 17.7 Å². The number of pyridine rings is 2. The van der Waals surface area contributed by atoms with Crippen LogP contribution in [0.1, 0.15) is 21.6 Å². The lowest BCUT2D eigenvalue weighted by molar-refractivity contribution is 0.0950. The summed E-state index contributed by atoms with van der Waals surface area (Å²) < 4.78 is 5.25. The van der Waals surface area contributed by atoms with Gasteiger partial charge in [0.05, 0.1) is 19.3 Å². The zero-order valence-corrected chi connectivity index (χ0v) is 19.6. The first kappa shape index (κ1) is 22.6. The number of thioether (sulfide) groups is 1. The maximum atomic E-state index is 12.6. The van der Waals surface area contributed by atoms with Crippen LogP contribution in [0.25, 0.3) is 22.3 Å². The van der Waals surface area contributed by atoms with Crippen molar-refractivity contribution in [1.29, 1.82) is 0 Å². The van der Waals surface area contributed by atoms with Gasteiger partial charge in [-0.25, -0.2) is 4.98 Å². The van der Waals surface area contributed by atoms with Gasteiger partial charge in [0, 0.05) is 28.9 Å². The molecule has 4 aromatic rings. The third kappa shape index (κ3) is 5.41. The van der Waals surface area contributed by atoms with Crippen molar-refractivity contribution in [2.75, 3.05) is 13.4 Å². The minimum Gasteiger partial charge on any atom is -0.481 e. The fourth-order valence-corrected chi connectivity index (χ4v) is 4.20. The molecule has 0 aliphatic carbocycles. The highest BCUT2D eigenvalue weighted by Gasteiger charge is 2.09. The Morgan fingerprint density at radius 1 is 0.909 bits per heavy atom. The summed E-state index contributed by atoms with van der Waals surface area (Å²) in [7, 11) is 1.61. The van der Waals surface area contributed by atoms with Crippen LogP contribution >= 0.6 is 11.8 Å². The van der Waals surface area contributed by atoms with E-state index < -0.39 is 0 Å². The molecule has 166 valence electrons. The Morgan fingerprint density at radius 3 is 2.33 bits per heavy atom. The van der Waals surface area contributed by atoms with E-state index >= 15 is 0 Å². The summed E-state index contributed by atoms with van der Waals surface area (Å²) in [6.45, 7) is 2.40. The number of hydrogen-bond donors (Lipinski definition) is 1. The highest BCUT2D eigenvalue weighted by molar-refractivity contribution is 7.98. The predicted octanol–water partition coefficient (Wildman–Crippen LogP) is 5.78. The number of nitrogens with one attached hydrogen (secondary N) is 1. The Labute approximate surface area is 198 Å². The third-order valence-electron chi connectivity index (χ3n) is 5.39. The van der Waals surface area contributed by atoms with Crippen molar-refractivity contribution in [1.82, 2.24) is 15.3 Å². The van der Waals surface area contributed by atoms with Crippen LogP contribution in [0.15, 0.2) is 84.0 Å². The van der Waals surface area contributed by atoms with E-state index in [1.807, 2.05) is 61.7 Å². The van der Waals surface area contributed by atoms with Gasteiger partial charge in [0.2, 0.25) is 5.88 Å². The summed E-state index contributed by atoms with van der Waals surface area (Å²) in [5.74, 6) is 0.476. The van der Waals surface area contributed by atoms with E-state index in [1.54, 1.807) is 31.3 Å². The number of nitrogens with zero attached hydrogens (tertiary/aromatic N) is 2. The number of aryl methyl sites for hydroxylation is 1. The Morgan fingerprint density at radius 2 is 1.61 bits per heavy atom. The first-order valence-corrected chi connectivity index (χ1v) is 11.8. The average Bonchev–Trinajstić information content (AvgIpc) is 2.88. The van der Waals surface area contributed by atoms with E-state index in [0.29, 0.717) is 18.0 Å². The highest BCUT2D eigenvalue weighted by atomic mass is 32.2. The second kappa shape index (κ2) is 10.3. The van der Waals surface area contributed by atoms with Crippen LogP contribution in [-0.2, 0) is 6.54 Å². The molecule has 2 aromatic carbocycles. The molecular formula is C27H25N3O2S. The molecule has 0 aliphatic heterocycles. The fourth-order valence-electron chi connectivity index (χ4n) is 3.57. The molecule has 1 amide bonds. The minimum absolute atomic E-state index is 0.105. The molecule has 1 N–H and O–H groups in total. The monoisotopic (exact) mass is 455 g/mol. The van der Waals surface area contributed by atoms with Gasteiger partial charge in [-0.15, -0.1) is 11.8 Å². The normalized spacial score (nSPS) is 10.6. The molecule has 2 heterocycles. The molecule has 6 heteroatoms. The van der Waals surface area contributed by atoms with Crippen molar-refractivity contribution < 1.29 is 9.53 Å². The molecule has 2 aromatic heterocycles. The zero-order chi connectivity index (χ0) is 23.2. The smallest absolute Gasteiger partial charge is 0.251 e. The third-order valence-corrected chi connectivity index (χ3v) is 6.27. The van der Waals surface area contributed by atoms with Gasteiger partial charge in [-0.2, -0.15) is 0 Å². The summed E-state index contributed by atoms with van der Waals surface area (Å²) in [5.41, 5.74) is 6.84. The van der Waals surface area contributed by atoms with E-state index in [-0.39, 0.29) is 5.91 Å². The minimum atomic E-state index is -0.105. The van der Waals surface area contributed by atoms with Crippen LogP contribution < -0.4 is 10.1 Å². The second-order valence-electron chi connectivity index (χ2n) is 7.57. The van der Waals surface area contributed by atoms with Crippen LogP contribution in [0.4, 0.5) is 0 Å². The van der Waals surface area contributed by atoms with E-state index in [0.717, 1.165) is 32.8 Å². The number of methoxy groups -OCH3 is 1. The standard InChI is InChI=1S/C27H25N3O2S/c1-18-7-8-23(15-25(18)33-3)27(31)30-17-24-14-21(9-11-28-24)19-5-4-6-20(13-19)22-10-12-29-26(16-22)32-2/h4-16H,17H2,1-3H3,(H,30,31). The number of carbonyl (C=O) groups excluding carboxylic acids is 1. The van der Waals surface area contributed by atoms with Gasteiger partial charge in [0.15, 0.2) is 0 Å². The van der Waals surface area contributed by atoms with E-state index in [1.165, 1.54) is 5.56 Å². The maximum Gasteiger partial charge on any atom is 0.251 e. The van der Waals surface area contributed by atoms with Crippen LogP contribution in [0.2, 0.25) is 0 Å². The van der Waals surface area contributed by atoms with Gasteiger partial charge >= 0.3 is 0 Å². The Hall–Kier alpha value is -3.64. The number of rotatable bonds is 7. The predicted molar refractivity (Wildman–Crippen MR) is 134 cm³/mol. The van der Waals surface area contributed by atoms with Crippen LogP contribution in [0.3, 0.4) is 0 Å². The zero-order valence-electron chi connectivity index (χ0n) is 18.8. The van der Waals surface area contributed by atoms with Gasteiger partial charge in [-0.3, -0.25) is 9.78 Å². The van der Waals surface area contributed by atoms with E-state index in [2.05, 4.69) is 33.5 Å². The highest BCUT2D eigenvalue weighted by Crippen LogP contribution is 2.28. The lowest BCUT2D eigenvalue weighted by Gasteiger charge is -2.10. The molecule has 0 bridgehead atoms. The van der Waals surface area contributed by atoms with Crippen molar-refractivity contribution in [3.63, 3.8) is 0 Å². The second-order valence-corrected chi connectivity index (χ2v) is 8.42. The van der Waals surface area contributed by atoms with E-state index in [9.17, 15) is 4.79 Å². The molecule has 4 rings (SSSR count). The molecule has 5 nitrogen and oxygen atoms in total. The molecule has 0 atom stereocenters. The number of carbonyl (C=O) groups is 1. The number of amides is 1. The first-order chi connectivity index (χ1) is 16.1. The number of aromatic nitrogens is 2. The number of hydrogen-bond acceptors (Lipinski definition) is 5. The Bertz CT molecular complexity index is 1290. The van der Waals surface area contributed by atoms with Crippen molar-refractivity contribution in [3.8, 4) is 28.1 Å². The van der Waals surface area contributed by atoms with Crippen LogP contribution in [0.5, 0.6) is 5.88 Å². The summed E-state index contributed by atoms with van der Waals surface area (Å²) in [6.07, 6.45) is 5.53. The first-order valence-electron chi connectivity index (χ1n) is 10.6. The molecule has 0 saturated carbocycles. The molecule has 0 aliphatic rings. The summed E-state index contributed by atoms with van der Waals surface area (Å²) in [6, 6.07) is 21.9. The summed E-state index contributed by atoms with van der Waals surface area (Å²) >= 11 is 1.64. The Kier molecular flexibility index (Phi) is 7.05. The maximum absolute atomic E-state index is 12.6. The summed E-state index contributed by atoms with van der Waals surface area (Å²) in [5, 5.41) is 2.98. The van der Waals surface area contributed by atoms with Crippen LogP contribution in [-0.4, -0.2) is 29.2 Å². The lowest BCUT2D eigenvalue weighted by Crippen LogP contribution is -2.23. The molecule has 0 fully saturated rings. The van der Waals surface area contributed by atoms with Crippen molar-refractivity contribution in [2.45, 2.75) is 18.4 Å². The van der Waals surface area contributed by atoms with Crippen molar-refractivity contribution in [3.05, 3.63) is 95.9 Å². The quantitative estimate of drug-likeness (QED) is 0.358. The SMILES string of the molecule is COc1cc(-c2cccc(-c3ccnc(CNC(=O)c4ccc(C)c(SC)c4)c3)c2)ccn1. The number of ether oxygens (including phenoxy) is 1. The molecule has 0 radical (unpaired) electrons. The summed E-state index contributed by atoms with van der Waals surface area (Å²) in [4.78, 5) is 22.4. The molecule has 0 saturated heterocycles. The Balaban J connectivity index is 1.51. The molecule has 0 spiro atoms. The van der Waals surface area contributed by atoms with Gasteiger partial charge in [0.25, 0.3) is 5.91 Å². The average molecular weight is 456 g/mol. The van der Waals surface area contributed by atoms with Gasteiger partial charge in [-0.05, 0) is 77.4 Å². The van der Waals surface area contributed by atoms with Crippen LogP contribution in [0, 0.1) is 6.92 Å². The topological polar surface area (TPSA) is 64.1 Å². The molecular weight excluding hydrogens is 430 g/mol.